The van der Waals surface area contributed by atoms with Gasteiger partial charge in [0.25, 0.3) is 5.91 Å². The quantitative estimate of drug-likeness (QED) is 0.414. The summed E-state index contributed by atoms with van der Waals surface area (Å²) in [6.07, 6.45) is 9.72. The van der Waals surface area contributed by atoms with Crippen molar-refractivity contribution >= 4 is 33.4 Å². The van der Waals surface area contributed by atoms with E-state index in [1.807, 2.05) is 25.1 Å². The lowest BCUT2D eigenvalue weighted by molar-refractivity contribution is -0.00109. The molecule has 2 aromatic carbocycles. The maximum absolute atomic E-state index is 14.0. The van der Waals surface area contributed by atoms with Crippen LogP contribution in [0.5, 0.6) is 5.75 Å². The molecule has 7 atom stereocenters. The van der Waals surface area contributed by atoms with Gasteiger partial charge in [-0.3, -0.25) is 4.79 Å². The Hall–Kier alpha value is -2.63. The SMILES string of the molecule is CO[C@H]1C2=C[C@H](C2)[C@H](C)N(C[C@H]2CCCO2)S(=O)(=O)NC(=O)c2ccc3c(c2)N(C[C@@H]2CC[C@H]21)C[C@@]1(CCCc2cc(Cl)ccc21)CO3. The van der Waals surface area contributed by atoms with Crippen molar-refractivity contribution in [2.75, 3.05) is 44.9 Å². The Morgan fingerprint density at radius 2 is 1.98 bits per heavy atom. The maximum atomic E-state index is 14.0. The molecule has 3 aliphatic carbocycles. The first-order valence-electron chi connectivity index (χ1n) is 17.6. The molecular formula is C37H46ClN3O6S. The number of nitrogens with zero attached hydrogens (tertiary/aromatic N) is 2. The monoisotopic (exact) mass is 695 g/mol. The third-order valence-corrected chi connectivity index (χ3v) is 13.9. The number of fused-ring (bicyclic) bond motifs is 6. The van der Waals surface area contributed by atoms with Crippen molar-refractivity contribution in [1.29, 1.82) is 0 Å². The number of ether oxygens (including phenoxy) is 3. The van der Waals surface area contributed by atoms with Crippen LogP contribution >= 0.6 is 11.6 Å². The summed E-state index contributed by atoms with van der Waals surface area (Å²) >= 11 is 6.45. The molecule has 0 unspecified atom stereocenters. The Balaban J connectivity index is 1.19. The summed E-state index contributed by atoms with van der Waals surface area (Å²) in [5.41, 5.74) is 4.70. The highest BCUT2D eigenvalue weighted by Gasteiger charge is 2.47. The molecule has 4 heterocycles. The fourth-order valence-electron chi connectivity index (χ4n) is 9.31. The molecule has 1 amide bonds. The molecule has 4 bridgehead atoms. The lowest BCUT2D eigenvalue weighted by atomic mass is 9.65. The second kappa shape index (κ2) is 12.6. The first kappa shape index (κ1) is 32.6. The molecule has 7 aliphatic rings. The van der Waals surface area contributed by atoms with Gasteiger partial charge in [0.15, 0.2) is 0 Å². The summed E-state index contributed by atoms with van der Waals surface area (Å²) in [5.74, 6) is 0.878. The van der Waals surface area contributed by atoms with Gasteiger partial charge < -0.3 is 19.1 Å². The van der Waals surface area contributed by atoms with Crippen LogP contribution in [0.4, 0.5) is 5.69 Å². The summed E-state index contributed by atoms with van der Waals surface area (Å²) in [4.78, 5) is 16.2. The number of hydrogen-bond acceptors (Lipinski definition) is 7. The van der Waals surface area contributed by atoms with E-state index in [2.05, 4.69) is 27.8 Å². The van der Waals surface area contributed by atoms with Crippen LogP contribution in [-0.2, 0) is 31.5 Å². The number of halogens is 1. The zero-order valence-corrected chi connectivity index (χ0v) is 29.4. The van der Waals surface area contributed by atoms with E-state index < -0.39 is 16.1 Å². The van der Waals surface area contributed by atoms with Crippen LogP contribution in [0.15, 0.2) is 48.0 Å². The number of carbonyl (C=O) groups excluding carboxylic acids is 1. The van der Waals surface area contributed by atoms with Gasteiger partial charge >= 0.3 is 10.2 Å². The maximum Gasteiger partial charge on any atom is 0.304 e. The summed E-state index contributed by atoms with van der Waals surface area (Å²) in [6.45, 7) is 4.83. The van der Waals surface area contributed by atoms with E-state index in [0.29, 0.717) is 36.4 Å². The predicted molar refractivity (Wildman–Crippen MR) is 185 cm³/mol. The van der Waals surface area contributed by atoms with Gasteiger partial charge in [-0.1, -0.05) is 23.7 Å². The number of nitrogens with one attached hydrogen (secondary N) is 1. The van der Waals surface area contributed by atoms with Gasteiger partial charge in [0.05, 0.1) is 24.5 Å². The first-order chi connectivity index (χ1) is 23.1. The molecule has 1 saturated heterocycles. The number of benzene rings is 2. The average molecular weight is 696 g/mol. The summed E-state index contributed by atoms with van der Waals surface area (Å²) in [7, 11) is -2.38. The number of anilines is 1. The van der Waals surface area contributed by atoms with Crippen molar-refractivity contribution in [3.05, 3.63) is 69.8 Å². The van der Waals surface area contributed by atoms with Gasteiger partial charge in [0.2, 0.25) is 0 Å². The smallest absolute Gasteiger partial charge is 0.304 e. The standard InChI is InChI=1S/C37H46ClN3O6S/c1-23-27-15-28(16-27)35(45-2)31-10-7-26(31)19-40-21-37(13-3-5-24-17-29(38)9-11-32(24)37)22-47-34-12-8-25(18-33(34)40)36(42)39-48(43,44)41(23)20-30-6-4-14-46-30/h8-9,11-12,15,17-18,23,26-27,30-31,35H,3-7,10,13-14,16,19-22H2,1-2H3,(H,39,42)/t23-,26-,27+,30+,31+,35-,37-/m0/s1. The largest absolute Gasteiger partial charge is 0.490 e. The second-order valence-corrected chi connectivity index (χ2v) is 17.0. The molecule has 258 valence electrons. The highest BCUT2D eigenvalue weighted by molar-refractivity contribution is 7.87. The molecule has 0 radical (unpaired) electrons. The molecule has 1 saturated carbocycles. The summed E-state index contributed by atoms with van der Waals surface area (Å²) < 4.78 is 50.7. The minimum absolute atomic E-state index is 0.00331. The van der Waals surface area contributed by atoms with E-state index in [4.69, 9.17) is 25.8 Å². The molecule has 2 fully saturated rings. The molecule has 0 aromatic heterocycles. The van der Waals surface area contributed by atoms with E-state index in [1.54, 1.807) is 13.2 Å². The molecule has 1 N–H and O–H groups in total. The summed E-state index contributed by atoms with van der Waals surface area (Å²) in [5, 5.41) is 0.749. The number of methoxy groups -OCH3 is 1. The van der Waals surface area contributed by atoms with Crippen molar-refractivity contribution in [2.45, 2.75) is 82.0 Å². The number of rotatable bonds is 3. The van der Waals surface area contributed by atoms with Crippen LogP contribution < -0.4 is 14.4 Å². The van der Waals surface area contributed by atoms with Crippen molar-refractivity contribution in [2.24, 2.45) is 17.8 Å². The molecule has 2 aromatic rings. The van der Waals surface area contributed by atoms with E-state index in [9.17, 15) is 13.2 Å². The highest BCUT2D eigenvalue weighted by Crippen LogP contribution is 2.49. The third-order valence-electron chi connectivity index (χ3n) is 12.2. The second-order valence-electron chi connectivity index (χ2n) is 14.9. The zero-order chi connectivity index (χ0) is 33.2. The van der Waals surface area contributed by atoms with Gasteiger partial charge in [-0.15, -0.1) is 0 Å². The van der Waals surface area contributed by atoms with Crippen LogP contribution in [0.3, 0.4) is 0 Å². The fraction of sp³-hybridized carbons (Fsp3) is 0.595. The molecule has 11 heteroatoms. The number of amides is 1. The average Bonchev–Trinajstić information content (AvgIpc) is 3.50. The Morgan fingerprint density at radius 1 is 1.12 bits per heavy atom. The lowest BCUT2D eigenvalue weighted by Crippen LogP contribution is -2.54. The Morgan fingerprint density at radius 3 is 2.73 bits per heavy atom. The molecule has 9 rings (SSSR count). The van der Waals surface area contributed by atoms with E-state index >= 15 is 0 Å². The zero-order valence-electron chi connectivity index (χ0n) is 27.8. The lowest BCUT2D eigenvalue weighted by Gasteiger charge is -2.48. The van der Waals surface area contributed by atoms with E-state index in [-0.39, 0.29) is 36.1 Å². The highest BCUT2D eigenvalue weighted by atomic mass is 35.5. The summed E-state index contributed by atoms with van der Waals surface area (Å²) in [6, 6.07) is 11.3. The predicted octanol–water partition coefficient (Wildman–Crippen LogP) is 5.66. The molecule has 1 spiro atoms. The van der Waals surface area contributed by atoms with Crippen molar-refractivity contribution in [3.63, 3.8) is 0 Å². The van der Waals surface area contributed by atoms with Crippen LogP contribution in [0.2, 0.25) is 5.02 Å². The van der Waals surface area contributed by atoms with Crippen molar-refractivity contribution < 1.29 is 27.4 Å². The molecule has 9 nitrogen and oxygen atoms in total. The van der Waals surface area contributed by atoms with E-state index in [1.165, 1.54) is 21.0 Å². The van der Waals surface area contributed by atoms with Crippen LogP contribution in [0.1, 0.15) is 73.4 Å². The topological polar surface area (TPSA) is 97.4 Å². The third kappa shape index (κ3) is 5.75. The number of carbonyl (C=O) groups is 1. The van der Waals surface area contributed by atoms with Crippen molar-refractivity contribution in [3.8, 4) is 5.75 Å². The van der Waals surface area contributed by atoms with Gasteiger partial charge in [-0.2, -0.15) is 12.7 Å². The first-order valence-corrected chi connectivity index (χ1v) is 19.5. The van der Waals surface area contributed by atoms with Gasteiger partial charge in [-0.25, -0.2) is 4.72 Å². The van der Waals surface area contributed by atoms with Gasteiger partial charge in [0, 0.05) is 55.4 Å². The normalized spacial score (nSPS) is 34.4. The fourth-order valence-corrected chi connectivity index (χ4v) is 10.9. The molecule has 48 heavy (non-hydrogen) atoms. The van der Waals surface area contributed by atoms with Crippen molar-refractivity contribution in [1.82, 2.24) is 9.03 Å². The van der Waals surface area contributed by atoms with Crippen LogP contribution in [0, 0.1) is 17.8 Å². The minimum atomic E-state index is -4.18. The van der Waals surface area contributed by atoms with E-state index in [0.717, 1.165) is 75.2 Å². The molecule has 4 aliphatic heterocycles. The Labute approximate surface area is 289 Å². The minimum Gasteiger partial charge on any atom is -0.490 e. The Bertz CT molecular complexity index is 1730. The number of hydrogen-bond donors (Lipinski definition) is 1. The van der Waals surface area contributed by atoms with Crippen LogP contribution in [0.25, 0.3) is 0 Å². The van der Waals surface area contributed by atoms with Gasteiger partial charge in [0.1, 0.15) is 5.75 Å². The molecular weight excluding hydrogens is 650 g/mol. The Kier molecular flexibility index (Phi) is 8.55. The van der Waals surface area contributed by atoms with Crippen LogP contribution in [-0.4, -0.2) is 76.8 Å². The van der Waals surface area contributed by atoms with Gasteiger partial charge in [-0.05, 0) is 123 Å². The number of aryl methyl sites for hydroxylation is 1.